The molecule has 9 heteroatoms. The highest BCUT2D eigenvalue weighted by atomic mass is 79.9. The lowest BCUT2D eigenvalue weighted by molar-refractivity contribution is -0.126. The predicted molar refractivity (Wildman–Crippen MR) is 122 cm³/mol. The fourth-order valence-corrected chi connectivity index (χ4v) is 4.11. The topological polar surface area (TPSA) is 71.0 Å². The van der Waals surface area contributed by atoms with Gasteiger partial charge >= 0.3 is 0 Å². The van der Waals surface area contributed by atoms with Crippen LogP contribution in [0, 0.1) is 5.92 Å². The molecule has 1 N–H and O–H groups in total. The Kier molecular flexibility index (Phi) is 7.75. The Labute approximate surface area is 193 Å². The molecule has 1 aliphatic rings. The minimum Gasteiger partial charge on any atom is -0.496 e. The first-order valence-electron chi connectivity index (χ1n) is 9.30. The largest absolute Gasteiger partial charge is 0.496 e. The molecule has 0 spiro atoms. The van der Waals surface area contributed by atoms with Crippen LogP contribution in [-0.2, 0) is 4.79 Å². The average molecular weight is 513 g/mol. The number of amides is 2. The highest BCUT2D eigenvalue weighted by Gasteiger charge is 2.28. The van der Waals surface area contributed by atoms with Crippen molar-refractivity contribution in [1.82, 2.24) is 10.3 Å². The number of carbonyl (C=O) groups excluding carboxylic acids is 2. The Balaban J connectivity index is 1.54. The zero-order valence-electron chi connectivity index (χ0n) is 16.2. The van der Waals surface area contributed by atoms with Gasteiger partial charge < -0.3 is 9.64 Å². The molecule has 0 atom stereocenters. The maximum Gasteiger partial charge on any atom is 0.255 e. The molecule has 0 radical (unpaired) electrons. The van der Waals surface area contributed by atoms with Gasteiger partial charge in [-0.25, -0.2) is 5.43 Å². The number of likely N-dealkylation sites (tertiary alicyclic amines) is 1. The van der Waals surface area contributed by atoms with E-state index in [9.17, 15) is 9.59 Å². The molecular weight excluding hydrogens is 493 g/mol. The van der Waals surface area contributed by atoms with Gasteiger partial charge in [-0.15, -0.1) is 0 Å². The number of piperidine rings is 1. The molecular formula is C21H20BrCl2N3O3. The number of hydrogen-bond donors (Lipinski definition) is 1. The summed E-state index contributed by atoms with van der Waals surface area (Å²) >= 11 is 15.4. The summed E-state index contributed by atoms with van der Waals surface area (Å²) in [6, 6.07) is 10.3. The lowest BCUT2D eigenvalue weighted by Crippen LogP contribution is -2.42. The van der Waals surface area contributed by atoms with Gasteiger partial charge in [0.2, 0.25) is 5.91 Å². The number of carbonyl (C=O) groups is 2. The number of rotatable bonds is 5. The smallest absolute Gasteiger partial charge is 0.255 e. The number of hydrazone groups is 1. The van der Waals surface area contributed by atoms with Crippen LogP contribution in [0.2, 0.25) is 10.0 Å². The molecule has 0 unspecified atom stereocenters. The van der Waals surface area contributed by atoms with Crippen LogP contribution < -0.4 is 10.2 Å². The van der Waals surface area contributed by atoms with Crippen molar-refractivity contribution in [3.63, 3.8) is 0 Å². The fourth-order valence-electron chi connectivity index (χ4n) is 3.24. The average Bonchev–Trinajstić information content (AvgIpc) is 2.73. The number of ether oxygens (including phenoxy) is 1. The van der Waals surface area contributed by atoms with Crippen LogP contribution in [-0.4, -0.2) is 43.1 Å². The van der Waals surface area contributed by atoms with Crippen LogP contribution >= 0.6 is 39.1 Å². The standard InChI is InChI=1S/C21H20BrCl2N3O3/c1-30-19-5-2-15(22)10-14(19)12-25-26-20(28)13-6-8-27(9-7-13)21(29)17-4-3-16(23)11-18(17)24/h2-5,10-13H,6-9H2,1H3,(H,26,28)/b25-12-. The molecule has 0 aliphatic carbocycles. The van der Waals surface area contributed by atoms with E-state index in [4.69, 9.17) is 27.9 Å². The Morgan fingerprint density at radius 3 is 2.60 bits per heavy atom. The van der Waals surface area contributed by atoms with E-state index in [0.29, 0.717) is 47.3 Å². The van der Waals surface area contributed by atoms with E-state index in [1.54, 1.807) is 36.4 Å². The van der Waals surface area contributed by atoms with Gasteiger partial charge in [-0.05, 0) is 49.2 Å². The van der Waals surface area contributed by atoms with E-state index in [0.717, 1.165) is 10.0 Å². The molecule has 30 heavy (non-hydrogen) atoms. The Bertz CT molecular complexity index is 976. The molecule has 2 aromatic carbocycles. The number of halogens is 3. The number of benzene rings is 2. The zero-order valence-corrected chi connectivity index (χ0v) is 19.3. The van der Waals surface area contributed by atoms with Crippen LogP contribution in [0.1, 0.15) is 28.8 Å². The van der Waals surface area contributed by atoms with E-state index in [1.807, 2.05) is 18.2 Å². The lowest BCUT2D eigenvalue weighted by Gasteiger charge is -2.31. The van der Waals surface area contributed by atoms with Gasteiger partial charge in [0.1, 0.15) is 5.75 Å². The third-order valence-corrected chi connectivity index (χ3v) is 5.93. The van der Waals surface area contributed by atoms with E-state index in [2.05, 4.69) is 26.5 Å². The molecule has 2 aromatic rings. The maximum atomic E-state index is 12.7. The fraction of sp³-hybridized carbons (Fsp3) is 0.286. The zero-order chi connectivity index (χ0) is 21.7. The van der Waals surface area contributed by atoms with Crippen molar-refractivity contribution in [2.24, 2.45) is 11.0 Å². The first-order chi connectivity index (χ1) is 14.4. The van der Waals surface area contributed by atoms with Crippen molar-refractivity contribution in [2.45, 2.75) is 12.8 Å². The van der Waals surface area contributed by atoms with Gasteiger partial charge in [-0.1, -0.05) is 39.1 Å². The Hall–Kier alpha value is -2.09. The molecule has 158 valence electrons. The summed E-state index contributed by atoms with van der Waals surface area (Å²) in [6.45, 7) is 0.943. The summed E-state index contributed by atoms with van der Waals surface area (Å²) < 4.78 is 6.16. The van der Waals surface area contributed by atoms with Crippen LogP contribution in [0.4, 0.5) is 0 Å². The van der Waals surface area contributed by atoms with Crippen LogP contribution in [0.3, 0.4) is 0 Å². The molecule has 6 nitrogen and oxygen atoms in total. The summed E-state index contributed by atoms with van der Waals surface area (Å²) in [7, 11) is 1.57. The first kappa shape index (κ1) is 22.6. The summed E-state index contributed by atoms with van der Waals surface area (Å²) in [6.07, 6.45) is 2.65. The Morgan fingerprint density at radius 2 is 1.93 bits per heavy atom. The van der Waals surface area contributed by atoms with Crippen LogP contribution in [0.15, 0.2) is 46.0 Å². The number of methoxy groups -OCH3 is 1. The third-order valence-electron chi connectivity index (χ3n) is 4.88. The van der Waals surface area contributed by atoms with Gasteiger partial charge in [0.05, 0.1) is 23.9 Å². The highest BCUT2D eigenvalue weighted by molar-refractivity contribution is 9.10. The minimum absolute atomic E-state index is 0.157. The quantitative estimate of drug-likeness (QED) is 0.463. The molecule has 1 heterocycles. The van der Waals surface area contributed by atoms with Gasteiger partial charge in [-0.2, -0.15) is 5.10 Å². The second-order valence-corrected chi connectivity index (χ2v) is 8.57. The molecule has 0 saturated carbocycles. The van der Waals surface area contributed by atoms with Gasteiger partial charge in [0, 0.05) is 34.1 Å². The van der Waals surface area contributed by atoms with Crippen molar-refractivity contribution < 1.29 is 14.3 Å². The second-order valence-electron chi connectivity index (χ2n) is 6.81. The summed E-state index contributed by atoms with van der Waals surface area (Å²) in [5.41, 5.74) is 3.74. The molecule has 1 aliphatic heterocycles. The normalized spacial score (nSPS) is 14.7. The molecule has 0 bridgehead atoms. The van der Waals surface area contributed by atoms with E-state index in [1.165, 1.54) is 0 Å². The Morgan fingerprint density at radius 1 is 1.20 bits per heavy atom. The number of nitrogens with zero attached hydrogens (tertiary/aromatic N) is 2. The molecule has 3 rings (SSSR count). The summed E-state index contributed by atoms with van der Waals surface area (Å²) in [4.78, 5) is 26.8. The minimum atomic E-state index is -0.212. The highest BCUT2D eigenvalue weighted by Crippen LogP contribution is 2.25. The van der Waals surface area contributed by atoms with Crippen molar-refractivity contribution in [1.29, 1.82) is 0 Å². The number of nitrogens with one attached hydrogen (secondary N) is 1. The van der Waals surface area contributed by atoms with Gasteiger partial charge in [0.15, 0.2) is 0 Å². The van der Waals surface area contributed by atoms with Crippen molar-refractivity contribution in [3.8, 4) is 5.75 Å². The summed E-state index contributed by atoms with van der Waals surface area (Å²) in [5, 5.41) is 4.86. The predicted octanol–water partition coefficient (Wildman–Crippen LogP) is 4.77. The lowest BCUT2D eigenvalue weighted by atomic mass is 9.95. The molecule has 1 saturated heterocycles. The molecule has 2 amide bonds. The second kappa shape index (κ2) is 10.3. The SMILES string of the molecule is COc1ccc(Br)cc1/C=N\NC(=O)C1CCN(C(=O)c2ccc(Cl)cc2Cl)CC1. The van der Waals surface area contributed by atoms with Gasteiger partial charge in [0.25, 0.3) is 5.91 Å². The third kappa shape index (κ3) is 5.53. The van der Waals surface area contributed by atoms with E-state index < -0.39 is 0 Å². The first-order valence-corrected chi connectivity index (χ1v) is 10.8. The maximum absolute atomic E-state index is 12.7. The van der Waals surface area contributed by atoms with E-state index >= 15 is 0 Å². The van der Waals surface area contributed by atoms with Crippen molar-refractivity contribution in [3.05, 3.63) is 62.0 Å². The monoisotopic (exact) mass is 511 g/mol. The van der Waals surface area contributed by atoms with Gasteiger partial charge in [-0.3, -0.25) is 9.59 Å². The molecule has 0 aromatic heterocycles. The van der Waals surface area contributed by atoms with Crippen LogP contribution in [0.25, 0.3) is 0 Å². The van der Waals surface area contributed by atoms with Crippen molar-refractivity contribution >= 4 is 57.2 Å². The number of hydrogen-bond acceptors (Lipinski definition) is 4. The van der Waals surface area contributed by atoms with E-state index in [-0.39, 0.29) is 17.7 Å². The molecule has 1 fully saturated rings. The van der Waals surface area contributed by atoms with Crippen LogP contribution in [0.5, 0.6) is 5.75 Å². The van der Waals surface area contributed by atoms with Crippen molar-refractivity contribution in [2.75, 3.05) is 20.2 Å². The summed E-state index contributed by atoms with van der Waals surface area (Å²) in [5.74, 6) is 0.118.